The smallest absolute Gasteiger partial charge is 0.246 e. The van der Waals surface area contributed by atoms with Crippen LogP contribution in [-0.2, 0) is 16.4 Å². The predicted octanol–water partition coefficient (Wildman–Crippen LogP) is 1.49. The zero-order chi connectivity index (χ0) is 14.9. The average Bonchev–Trinajstić information content (AvgIpc) is 2.88. The minimum Gasteiger partial charge on any atom is -0.246 e. The molecule has 0 aliphatic carbocycles. The van der Waals surface area contributed by atoms with Crippen molar-refractivity contribution in [1.82, 2.24) is 19.6 Å². The molecule has 21 heavy (non-hydrogen) atoms. The van der Waals surface area contributed by atoms with Crippen LogP contribution in [0.25, 0.3) is 5.78 Å². The fourth-order valence-electron chi connectivity index (χ4n) is 1.86. The molecular weight excluding hydrogens is 290 g/mol. The van der Waals surface area contributed by atoms with Gasteiger partial charge < -0.3 is 0 Å². The number of rotatable bonds is 4. The van der Waals surface area contributed by atoms with E-state index in [0.717, 1.165) is 12.0 Å². The zero-order valence-electron chi connectivity index (χ0n) is 11.3. The topological polar surface area (TPSA) is 89.2 Å². The highest BCUT2D eigenvalue weighted by molar-refractivity contribution is 7.92. The predicted molar refractivity (Wildman–Crippen MR) is 77.4 cm³/mol. The maximum Gasteiger partial charge on any atom is 0.264 e. The first-order chi connectivity index (χ1) is 10.1. The molecule has 0 fully saturated rings. The standard InChI is InChI=1S/C13H13N5O2S/c1-2-10-4-6-11(7-5-10)21(19,20)17-12-15-13-14-8-3-9-18(13)16-12/h3-9H,2H2,1H3,(H,16,17). The Morgan fingerprint density at radius 1 is 1.24 bits per heavy atom. The van der Waals surface area contributed by atoms with Crippen LogP contribution in [0.4, 0.5) is 5.95 Å². The second-order valence-electron chi connectivity index (χ2n) is 4.40. The third-order valence-corrected chi connectivity index (χ3v) is 4.33. The summed E-state index contributed by atoms with van der Waals surface area (Å²) in [6.45, 7) is 2.01. The molecule has 0 aliphatic heterocycles. The molecule has 0 saturated carbocycles. The van der Waals surface area contributed by atoms with E-state index in [0.29, 0.717) is 5.78 Å². The van der Waals surface area contributed by atoms with Gasteiger partial charge in [0, 0.05) is 12.4 Å². The van der Waals surface area contributed by atoms with E-state index in [1.165, 1.54) is 4.52 Å². The van der Waals surface area contributed by atoms with Gasteiger partial charge in [0.1, 0.15) is 0 Å². The molecular formula is C13H13N5O2S. The van der Waals surface area contributed by atoms with Gasteiger partial charge >= 0.3 is 0 Å². The molecule has 0 unspecified atom stereocenters. The van der Waals surface area contributed by atoms with E-state index >= 15 is 0 Å². The molecule has 1 N–H and O–H groups in total. The number of benzene rings is 1. The molecule has 7 nitrogen and oxygen atoms in total. The van der Waals surface area contributed by atoms with Crippen LogP contribution < -0.4 is 4.72 Å². The number of aryl methyl sites for hydroxylation is 1. The van der Waals surface area contributed by atoms with E-state index in [1.54, 1.807) is 42.7 Å². The lowest BCUT2D eigenvalue weighted by molar-refractivity contribution is 0.600. The summed E-state index contributed by atoms with van der Waals surface area (Å²) in [7, 11) is -3.70. The molecule has 0 radical (unpaired) electrons. The van der Waals surface area contributed by atoms with Crippen LogP contribution >= 0.6 is 0 Å². The van der Waals surface area contributed by atoms with Gasteiger partial charge in [0.2, 0.25) is 0 Å². The van der Waals surface area contributed by atoms with Crippen LogP contribution in [0.3, 0.4) is 0 Å². The molecule has 8 heteroatoms. The fourth-order valence-corrected chi connectivity index (χ4v) is 2.80. The Morgan fingerprint density at radius 3 is 2.67 bits per heavy atom. The van der Waals surface area contributed by atoms with E-state index in [9.17, 15) is 8.42 Å². The number of hydrogen-bond acceptors (Lipinski definition) is 5. The van der Waals surface area contributed by atoms with Crippen LogP contribution in [0.5, 0.6) is 0 Å². The first kappa shape index (κ1) is 13.5. The normalized spacial score (nSPS) is 11.7. The zero-order valence-corrected chi connectivity index (χ0v) is 12.1. The maximum atomic E-state index is 12.3. The number of anilines is 1. The van der Waals surface area contributed by atoms with E-state index in [4.69, 9.17) is 0 Å². The Morgan fingerprint density at radius 2 is 2.00 bits per heavy atom. The highest BCUT2D eigenvalue weighted by Crippen LogP contribution is 2.14. The average molecular weight is 303 g/mol. The Bertz CT molecular complexity index is 838. The summed E-state index contributed by atoms with van der Waals surface area (Å²) < 4.78 is 28.3. The number of hydrogen-bond donors (Lipinski definition) is 1. The van der Waals surface area contributed by atoms with Gasteiger partial charge in [0.25, 0.3) is 21.7 Å². The molecule has 2 aromatic heterocycles. The van der Waals surface area contributed by atoms with Crippen molar-refractivity contribution in [2.45, 2.75) is 18.2 Å². The van der Waals surface area contributed by atoms with Crippen molar-refractivity contribution in [3.63, 3.8) is 0 Å². The number of fused-ring (bicyclic) bond motifs is 1. The van der Waals surface area contributed by atoms with Crippen molar-refractivity contribution in [3.8, 4) is 0 Å². The number of aromatic nitrogens is 4. The van der Waals surface area contributed by atoms with Gasteiger partial charge in [-0.15, -0.1) is 5.10 Å². The highest BCUT2D eigenvalue weighted by atomic mass is 32.2. The highest BCUT2D eigenvalue weighted by Gasteiger charge is 2.17. The molecule has 0 atom stereocenters. The maximum absolute atomic E-state index is 12.3. The molecule has 0 bridgehead atoms. The molecule has 0 amide bonds. The first-order valence-corrected chi connectivity index (χ1v) is 7.86. The van der Waals surface area contributed by atoms with Crippen molar-refractivity contribution in [1.29, 1.82) is 0 Å². The van der Waals surface area contributed by atoms with Crippen LogP contribution in [-0.4, -0.2) is 28.0 Å². The largest absolute Gasteiger partial charge is 0.264 e. The van der Waals surface area contributed by atoms with Gasteiger partial charge in [0.15, 0.2) is 0 Å². The van der Waals surface area contributed by atoms with Crippen molar-refractivity contribution >= 4 is 21.7 Å². The van der Waals surface area contributed by atoms with Crippen molar-refractivity contribution in [2.75, 3.05) is 4.72 Å². The Balaban J connectivity index is 1.91. The van der Waals surface area contributed by atoms with Gasteiger partial charge in [-0.25, -0.2) is 22.6 Å². The van der Waals surface area contributed by atoms with E-state index in [2.05, 4.69) is 19.8 Å². The van der Waals surface area contributed by atoms with Crippen molar-refractivity contribution in [2.24, 2.45) is 0 Å². The van der Waals surface area contributed by atoms with Crippen molar-refractivity contribution in [3.05, 3.63) is 48.3 Å². The molecule has 3 rings (SSSR count). The first-order valence-electron chi connectivity index (χ1n) is 6.37. The number of sulfonamides is 1. The fraction of sp³-hybridized carbons (Fsp3) is 0.154. The Hall–Kier alpha value is -2.48. The lowest BCUT2D eigenvalue weighted by atomic mass is 10.2. The molecule has 1 aromatic carbocycles. The summed E-state index contributed by atoms with van der Waals surface area (Å²) in [5.41, 5.74) is 1.07. The van der Waals surface area contributed by atoms with E-state index < -0.39 is 10.0 Å². The van der Waals surface area contributed by atoms with Crippen LogP contribution in [0.2, 0.25) is 0 Å². The van der Waals surface area contributed by atoms with E-state index in [1.807, 2.05) is 6.92 Å². The third kappa shape index (κ3) is 2.70. The van der Waals surface area contributed by atoms with Crippen LogP contribution in [0.15, 0.2) is 47.6 Å². The lowest BCUT2D eigenvalue weighted by Gasteiger charge is -2.05. The van der Waals surface area contributed by atoms with Crippen molar-refractivity contribution < 1.29 is 8.42 Å². The molecule has 108 valence electrons. The summed E-state index contributed by atoms with van der Waals surface area (Å²) in [5.74, 6) is 0.324. The second kappa shape index (κ2) is 5.13. The minimum absolute atomic E-state index is 0.00623. The van der Waals surface area contributed by atoms with Crippen LogP contribution in [0, 0.1) is 0 Å². The lowest BCUT2D eigenvalue weighted by Crippen LogP contribution is -2.14. The minimum atomic E-state index is -3.70. The van der Waals surface area contributed by atoms with E-state index in [-0.39, 0.29) is 10.8 Å². The summed E-state index contributed by atoms with van der Waals surface area (Å²) >= 11 is 0. The molecule has 3 aromatic rings. The number of nitrogens with zero attached hydrogens (tertiary/aromatic N) is 4. The van der Waals surface area contributed by atoms with Gasteiger partial charge in [-0.2, -0.15) is 4.98 Å². The molecule has 0 aliphatic rings. The monoisotopic (exact) mass is 303 g/mol. The summed E-state index contributed by atoms with van der Waals surface area (Å²) in [5, 5.41) is 4.01. The molecule has 2 heterocycles. The summed E-state index contributed by atoms with van der Waals surface area (Å²) in [6, 6.07) is 8.38. The summed E-state index contributed by atoms with van der Waals surface area (Å²) in [4.78, 5) is 8.16. The molecule has 0 spiro atoms. The van der Waals surface area contributed by atoms with Gasteiger partial charge in [-0.1, -0.05) is 19.1 Å². The second-order valence-corrected chi connectivity index (χ2v) is 6.09. The molecule has 0 saturated heterocycles. The van der Waals surface area contributed by atoms with Gasteiger partial charge in [-0.05, 0) is 30.2 Å². The number of nitrogens with one attached hydrogen (secondary N) is 1. The third-order valence-electron chi connectivity index (χ3n) is 2.98. The Labute approximate surface area is 121 Å². The summed E-state index contributed by atoms with van der Waals surface area (Å²) in [6.07, 6.45) is 4.06. The van der Waals surface area contributed by atoms with Gasteiger partial charge in [0.05, 0.1) is 4.90 Å². The quantitative estimate of drug-likeness (QED) is 0.788. The van der Waals surface area contributed by atoms with Gasteiger partial charge in [-0.3, -0.25) is 0 Å². The SMILES string of the molecule is CCc1ccc(S(=O)(=O)Nc2nc3ncccn3n2)cc1. The van der Waals surface area contributed by atoms with Crippen LogP contribution in [0.1, 0.15) is 12.5 Å². The Kier molecular flexibility index (Phi) is 3.30.